The Morgan fingerprint density at radius 3 is 2.93 bits per heavy atom. The second-order valence-corrected chi connectivity index (χ2v) is 4.14. The van der Waals surface area contributed by atoms with Crippen molar-refractivity contribution in [3.63, 3.8) is 0 Å². The van der Waals surface area contributed by atoms with Crippen molar-refractivity contribution in [2.45, 2.75) is 38.3 Å². The van der Waals surface area contributed by atoms with Crippen LogP contribution >= 0.6 is 0 Å². The molecule has 0 aromatic carbocycles. The van der Waals surface area contributed by atoms with Crippen molar-refractivity contribution >= 4 is 5.97 Å². The van der Waals surface area contributed by atoms with Gasteiger partial charge in [0.25, 0.3) is 0 Å². The quantitative estimate of drug-likeness (QED) is 0.697. The van der Waals surface area contributed by atoms with Gasteiger partial charge in [0, 0.05) is 12.6 Å². The van der Waals surface area contributed by atoms with E-state index >= 15 is 0 Å². The molecule has 1 saturated heterocycles. The molecule has 88 valence electrons. The number of hydrogen-bond acceptors (Lipinski definition) is 4. The first-order valence-corrected chi connectivity index (χ1v) is 5.69. The number of nitrogens with zero attached hydrogens (tertiary/aromatic N) is 1. The zero-order valence-electron chi connectivity index (χ0n) is 9.95. The molecule has 0 bridgehead atoms. The van der Waals surface area contributed by atoms with E-state index in [1.54, 1.807) is 0 Å². The Morgan fingerprint density at radius 2 is 2.33 bits per heavy atom. The third-order valence-corrected chi connectivity index (χ3v) is 3.15. The fourth-order valence-corrected chi connectivity index (χ4v) is 2.29. The molecule has 2 unspecified atom stereocenters. The van der Waals surface area contributed by atoms with Gasteiger partial charge in [0.05, 0.1) is 7.11 Å². The number of likely N-dealkylation sites (tertiary alicyclic amines) is 1. The summed E-state index contributed by atoms with van der Waals surface area (Å²) in [5.41, 5.74) is 0. The highest BCUT2D eigenvalue weighted by Gasteiger charge is 2.30. The fraction of sp³-hybridized carbons (Fsp3) is 0.909. The van der Waals surface area contributed by atoms with Gasteiger partial charge in [-0.2, -0.15) is 0 Å². The predicted molar refractivity (Wildman–Crippen MR) is 59.7 cm³/mol. The normalized spacial score (nSPS) is 24.9. The number of nitrogens with one attached hydrogen (secondary N) is 1. The van der Waals surface area contributed by atoms with Crippen LogP contribution in [-0.4, -0.2) is 50.2 Å². The Balaban J connectivity index is 2.58. The number of esters is 1. The number of carbonyl (C=O) groups excluding carboxylic acids is 1. The first kappa shape index (κ1) is 12.5. The van der Waals surface area contributed by atoms with E-state index in [1.165, 1.54) is 26.4 Å². The molecule has 15 heavy (non-hydrogen) atoms. The summed E-state index contributed by atoms with van der Waals surface area (Å²) in [6.45, 7) is 3.88. The number of rotatable bonds is 4. The fourth-order valence-electron chi connectivity index (χ4n) is 2.29. The Hall–Kier alpha value is -0.610. The SMILES string of the molecule is CNCC1CCCCN1C(C)C(=O)OC. The van der Waals surface area contributed by atoms with E-state index < -0.39 is 0 Å². The van der Waals surface area contributed by atoms with Gasteiger partial charge in [0.2, 0.25) is 0 Å². The van der Waals surface area contributed by atoms with Gasteiger partial charge in [-0.15, -0.1) is 0 Å². The Kier molecular flexibility index (Phi) is 5.05. The first-order valence-electron chi connectivity index (χ1n) is 5.69. The Labute approximate surface area is 92.0 Å². The second kappa shape index (κ2) is 6.08. The predicted octanol–water partition coefficient (Wildman–Crippen LogP) is 0.622. The van der Waals surface area contributed by atoms with Crippen LogP contribution in [0, 0.1) is 0 Å². The van der Waals surface area contributed by atoms with Crippen LogP contribution in [0.15, 0.2) is 0 Å². The average Bonchev–Trinajstić information content (AvgIpc) is 2.28. The zero-order chi connectivity index (χ0) is 11.3. The van der Waals surface area contributed by atoms with Gasteiger partial charge in [0.1, 0.15) is 6.04 Å². The molecule has 0 aromatic heterocycles. The molecule has 1 N–H and O–H groups in total. The van der Waals surface area contributed by atoms with E-state index in [0.717, 1.165) is 13.1 Å². The summed E-state index contributed by atoms with van der Waals surface area (Å²) in [7, 11) is 3.41. The van der Waals surface area contributed by atoms with Crippen molar-refractivity contribution < 1.29 is 9.53 Å². The van der Waals surface area contributed by atoms with Crippen LogP contribution in [0.1, 0.15) is 26.2 Å². The molecule has 4 heteroatoms. The molecule has 0 saturated carbocycles. The van der Waals surface area contributed by atoms with E-state index in [0.29, 0.717) is 6.04 Å². The van der Waals surface area contributed by atoms with E-state index in [2.05, 4.69) is 10.2 Å². The Morgan fingerprint density at radius 1 is 1.60 bits per heavy atom. The molecule has 4 nitrogen and oxygen atoms in total. The highest BCUT2D eigenvalue weighted by Crippen LogP contribution is 2.19. The maximum Gasteiger partial charge on any atom is 0.322 e. The van der Waals surface area contributed by atoms with Crippen molar-refractivity contribution in [3.8, 4) is 0 Å². The summed E-state index contributed by atoms with van der Waals surface area (Å²) in [6.07, 6.45) is 3.61. The summed E-state index contributed by atoms with van der Waals surface area (Å²) in [5, 5.41) is 3.19. The van der Waals surface area contributed by atoms with Gasteiger partial charge in [-0.3, -0.25) is 9.69 Å². The first-order chi connectivity index (χ1) is 7.20. The molecule has 0 amide bonds. The van der Waals surface area contributed by atoms with Gasteiger partial charge in [-0.1, -0.05) is 6.42 Å². The largest absolute Gasteiger partial charge is 0.468 e. The van der Waals surface area contributed by atoms with Gasteiger partial charge in [-0.25, -0.2) is 0 Å². The summed E-state index contributed by atoms with van der Waals surface area (Å²) in [5.74, 6) is -0.127. The van der Waals surface area contributed by atoms with Crippen LogP contribution in [0.3, 0.4) is 0 Å². The minimum Gasteiger partial charge on any atom is -0.468 e. The molecule has 1 aliphatic rings. The summed E-state index contributed by atoms with van der Waals surface area (Å²) in [6, 6.07) is 0.353. The molecule has 1 rings (SSSR count). The van der Waals surface area contributed by atoms with Gasteiger partial charge in [0.15, 0.2) is 0 Å². The van der Waals surface area contributed by atoms with E-state index in [9.17, 15) is 4.79 Å². The highest BCUT2D eigenvalue weighted by atomic mass is 16.5. The highest BCUT2D eigenvalue weighted by molar-refractivity contribution is 5.75. The number of piperidine rings is 1. The van der Waals surface area contributed by atoms with Crippen molar-refractivity contribution in [2.75, 3.05) is 27.2 Å². The lowest BCUT2D eigenvalue weighted by Crippen LogP contribution is -2.51. The van der Waals surface area contributed by atoms with Crippen LogP contribution in [-0.2, 0) is 9.53 Å². The summed E-state index contributed by atoms with van der Waals surface area (Å²) >= 11 is 0. The van der Waals surface area contributed by atoms with Crippen LogP contribution in [0.5, 0.6) is 0 Å². The van der Waals surface area contributed by atoms with Crippen molar-refractivity contribution in [3.05, 3.63) is 0 Å². The molecule has 1 heterocycles. The topological polar surface area (TPSA) is 41.6 Å². The van der Waals surface area contributed by atoms with E-state index in [4.69, 9.17) is 4.74 Å². The number of hydrogen-bond donors (Lipinski definition) is 1. The third kappa shape index (κ3) is 3.18. The summed E-state index contributed by atoms with van der Waals surface area (Å²) in [4.78, 5) is 13.7. The van der Waals surface area contributed by atoms with Crippen LogP contribution in [0.25, 0.3) is 0 Å². The van der Waals surface area contributed by atoms with Crippen LogP contribution in [0.4, 0.5) is 0 Å². The van der Waals surface area contributed by atoms with Crippen molar-refractivity contribution in [1.82, 2.24) is 10.2 Å². The number of carbonyl (C=O) groups is 1. The average molecular weight is 214 g/mol. The minimum absolute atomic E-state index is 0.117. The molecule has 2 atom stereocenters. The molecule has 1 aliphatic heterocycles. The molecule has 0 spiro atoms. The molecular weight excluding hydrogens is 192 g/mol. The van der Waals surface area contributed by atoms with Gasteiger partial charge >= 0.3 is 5.97 Å². The van der Waals surface area contributed by atoms with Crippen LogP contribution < -0.4 is 5.32 Å². The standard InChI is InChI=1S/C11H22N2O2/c1-9(11(14)15-3)13-7-5-4-6-10(13)8-12-2/h9-10,12H,4-8H2,1-3H3. The molecule has 0 radical (unpaired) electrons. The van der Waals surface area contributed by atoms with E-state index in [-0.39, 0.29) is 12.0 Å². The lowest BCUT2D eigenvalue weighted by molar-refractivity contribution is -0.147. The van der Waals surface area contributed by atoms with Gasteiger partial charge in [-0.05, 0) is 33.4 Å². The molecule has 0 aliphatic carbocycles. The second-order valence-electron chi connectivity index (χ2n) is 4.14. The zero-order valence-corrected chi connectivity index (χ0v) is 9.95. The molecular formula is C11H22N2O2. The minimum atomic E-state index is -0.127. The Bertz CT molecular complexity index is 207. The molecule has 0 aromatic rings. The lowest BCUT2D eigenvalue weighted by atomic mass is 10.00. The lowest BCUT2D eigenvalue weighted by Gasteiger charge is -2.38. The van der Waals surface area contributed by atoms with Gasteiger partial charge < -0.3 is 10.1 Å². The van der Waals surface area contributed by atoms with Crippen molar-refractivity contribution in [1.29, 1.82) is 0 Å². The van der Waals surface area contributed by atoms with E-state index in [1.807, 2.05) is 14.0 Å². The van der Waals surface area contributed by atoms with Crippen LogP contribution in [0.2, 0.25) is 0 Å². The number of ether oxygens (including phenoxy) is 1. The number of likely N-dealkylation sites (N-methyl/N-ethyl adjacent to an activating group) is 1. The maximum atomic E-state index is 11.5. The smallest absolute Gasteiger partial charge is 0.322 e. The third-order valence-electron chi connectivity index (χ3n) is 3.15. The maximum absolute atomic E-state index is 11.5. The monoisotopic (exact) mass is 214 g/mol. The number of methoxy groups -OCH3 is 1. The van der Waals surface area contributed by atoms with Crippen molar-refractivity contribution in [2.24, 2.45) is 0 Å². The summed E-state index contributed by atoms with van der Waals surface area (Å²) < 4.78 is 4.79. The molecule has 1 fully saturated rings.